The number of benzene rings is 3. The molecule has 0 aliphatic carbocycles. The number of hydrogen-bond donors (Lipinski definition) is 1. The summed E-state index contributed by atoms with van der Waals surface area (Å²) < 4.78 is 0. The summed E-state index contributed by atoms with van der Waals surface area (Å²) in [6.07, 6.45) is 0.901. The number of carbonyl (C=O) groups excluding carboxylic acids is 1. The van der Waals surface area contributed by atoms with Crippen molar-refractivity contribution in [3.8, 4) is 0 Å². The molecule has 0 spiro atoms. The lowest BCUT2D eigenvalue weighted by Crippen LogP contribution is -2.50. The summed E-state index contributed by atoms with van der Waals surface area (Å²) >= 11 is 0. The summed E-state index contributed by atoms with van der Waals surface area (Å²) in [6, 6.07) is 27.1. The van der Waals surface area contributed by atoms with Crippen LogP contribution < -0.4 is 10.2 Å². The van der Waals surface area contributed by atoms with Crippen molar-refractivity contribution in [2.75, 3.05) is 10.2 Å². The molecule has 4 rings (SSSR count). The Morgan fingerprint density at radius 3 is 2.23 bits per heavy atom. The van der Waals surface area contributed by atoms with Crippen LogP contribution in [0.1, 0.15) is 67.6 Å². The average Bonchev–Trinajstić information content (AvgIpc) is 2.80. The number of para-hydroxylation sites is 2. The zero-order chi connectivity index (χ0) is 22.0. The zero-order valence-electron chi connectivity index (χ0n) is 18.9. The highest BCUT2D eigenvalue weighted by Crippen LogP contribution is 2.44. The van der Waals surface area contributed by atoms with Crippen molar-refractivity contribution in [2.45, 2.75) is 52.1 Å². The molecule has 3 aromatic carbocycles. The van der Waals surface area contributed by atoms with E-state index in [9.17, 15) is 4.79 Å². The molecule has 0 fully saturated rings. The molecular formula is C28H32N2O. The van der Waals surface area contributed by atoms with E-state index in [1.54, 1.807) is 0 Å². The largest absolute Gasteiger partial charge is 0.378 e. The van der Waals surface area contributed by atoms with Crippen molar-refractivity contribution in [1.29, 1.82) is 0 Å². The van der Waals surface area contributed by atoms with Gasteiger partial charge in [0.05, 0.1) is 6.04 Å². The first-order valence-electron chi connectivity index (χ1n) is 11.3. The molecule has 1 amide bonds. The molecule has 1 aliphatic heterocycles. The van der Waals surface area contributed by atoms with Gasteiger partial charge in [-0.05, 0) is 53.8 Å². The highest BCUT2D eigenvalue weighted by Gasteiger charge is 2.40. The van der Waals surface area contributed by atoms with Crippen LogP contribution >= 0.6 is 0 Å². The van der Waals surface area contributed by atoms with E-state index >= 15 is 0 Å². The van der Waals surface area contributed by atoms with Gasteiger partial charge in [0.25, 0.3) is 5.91 Å². The van der Waals surface area contributed by atoms with E-state index in [1.165, 1.54) is 11.1 Å². The van der Waals surface area contributed by atoms with Crippen molar-refractivity contribution < 1.29 is 4.79 Å². The summed E-state index contributed by atoms with van der Waals surface area (Å²) in [5.41, 5.74) is 5.30. The Labute approximate surface area is 186 Å². The van der Waals surface area contributed by atoms with Gasteiger partial charge in [-0.3, -0.25) is 4.79 Å². The van der Waals surface area contributed by atoms with E-state index in [2.05, 4.69) is 87.6 Å². The SMILES string of the molecule is CCC1[C@@H](C)C(Nc2ccccc2)c2ccccc2N1C(=O)c1ccc(C(C)C)cc1. The van der Waals surface area contributed by atoms with Gasteiger partial charge in [-0.1, -0.05) is 76.2 Å². The van der Waals surface area contributed by atoms with Crippen molar-refractivity contribution in [2.24, 2.45) is 5.92 Å². The molecule has 0 saturated heterocycles. The van der Waals surface area contributed by atoms with Gasteiger partial charge in [0.1, 0.15) is 0 Å². The van der Waals surface area contributed by atoms with Crippen molar-refractivity contribution in [3.63, 3.8) is 0 Å². The molecule has 160 valence electrons. The van der Waals surface area contributed by atoms with E-state index in [0.29, 0.717) is 5.92 Å². The molecule has 0 aromatic heterocycles. The number of rotatable bonds is 5. The standard InChI is InChI=1S/C28H32N2O/c1-5-25-20(4)27(29-23-11-7-6-8-12-23)24-13-9-10-14-26(24)30(25)28(31)22-17-15-21(16-18-22)19(2)3/h6-20,25,27,29H,5H2,1-4H3/t20-,25?,27?/m1/s1. The highest BCUT2D eigenvalue weighted by molar-refractivity contribution is 6.07. The number of anilines is 2. The molecule has 1 heterocycles. The minimum atomic E-state index is 0.0830. The van der Waals surface area contributed by atoms with Gasteiger partial charge in [0.2, 0.25) is 0 Å². The van der Waals surface area contributed by atoms with Crippen LogP contribution in [-0.2, 0) is 0 Å². The molecular weight excluding hydrogens is 380 g/mol. The monoisotopic (exact) mass is 412 g/mol. The lowest BCUT2D eigenvalue weighted by Gasteiger charge is -2.45. The third kappa shape index (κ3) is 4.10. The van der Waals surface area contributed by atoms with E-state index in [1.807, 2.05) is 29.2 Å². The molecule has 3 atom stereocenters. The van der Waals surface area contributed by atoms with E-state index in [4.69, 9.17) is 0 Å². The molecule has 1 N–H and O–H groups in total. The topological polar surface area (TPSA) is 32.3 Å². The van der Waals surface area contributed by atoms with Gasteiger partial charge < -0.3 is 10.2 Å². The second-order valence-corrected chi connectivity index (χ2v) is 8.83. The van der Waals surface area contributed by atoms with Crippen molar-refractivity contribution in [3.05, 3.63) is 95.6 Å². The molecule has 1 aliphatic rings. The first kappa shape index (κ1) is 21.2. The highest BCUT2D eigenvalue weighted by atomic mass is 16.2. The lowest BCUT2D eigenvalue weighted by molar-refractivity contribution is 0.0960. The van der Waals surface area contributed by atoms with Crippen LogP contribution in [0.25, 0.3) is 0 Å². The number of nitrogens with one attached hydrogen (secondary N) is 1. The summed E-state index contributed by atoms with van der Waals surface area (Å²) in [7, 11) is 0. The third-order valence-electron chi connectivity index (χ3n) is 6.55. The summed E-state index contributed by atoms with van der Waals surface area (Å²) in [5, 5.41) is 3.73. The fourth-order valence-corrected chi connectivity index (χ4v) is 4.78. The summed E-state index contributed by atoms with van der Waals surface area (Å²) in [6.45, 7) is 8.78. The maximum Gasteiger partial charge on any atom is 0.258 e. The Bertz CT molecular complexity index is 1030. The minimum Gasteiger partial charge on any atom is -0.378 e. The molecule has 3 heteroatoms. The third-order valence-corrected chi connectivity index (χ3v) is 6.55. The Kier molecular flexibility index (Phi) is 6.13. The molecule has 0 saturated carbocycles. The molecule has 0 radical (unpaired) electrons. The number of hydrogen-bond acceptors (Lipinski definition) is 2. The second kappa shape index (κ2) is 8.97. The van der Waals surface area contributed by atoms with Crippen LogP contribution in [0.2, 0.25) is 0 Å². The number of nitrogens with zero attached hydrogens (tertiary/aromatic N) is 1. The van der Waals surface area contributed by atoms with Gasteiger partial charge in [0, 0.05) is 28.9 Å². The predicted octanol–water partition coefficient (Wildman–Crippen LogP) is 7.04. The van der Waals surface area contributed by atoms with Gasteiger partial charge in [-0.2, -0.15) is 0 Å². The smallest absolute Gasteiger partial charge is 0.258 e. The van der Waals surface area contributed by atoms with E-state index < -0.39 is 0 Å². The summed E-state index contributed by atoms with van der Waals surface area (Å²) in [4.78, 5) is 15.8. The van der Waals surface area contributed by atoms with Gasteiger partial charge in [0.15, 0.2) is 0 Å². The first-order valence-corrected chi connectivity index (χ1v) is 11.3. The van der Waals surface area contributed by atoms with Crippen LogP contribution in [0.4, 0.5) is 11.4 Å². The Morgan fingerprint density at radius 2 is 1.58 bits per heavy atom. The molecule has 0 bridgehead atoms. The minimum absolute atomic E-state index is 0.0830. The Morgan fingerprint density at radius 1 is 0.935 bits per heavy atom. The molecule has 3 nitrogen and oxygen atoms in total. The first-order chi connectivity index (χ1) is 15.0. The molecule has 3 aromatic rings. The molecule has 31 heavy (non-hydrogen) atoms. The second-order valence-electron chi connectivity index (χ2n) is 8.83. The number of carbonyl (C=O) groups is 1. The fourth-order valence-electron chi connectivity index (χ4n) is 4.78. The van der Waals surface area contributed by atoms with Crippen LogP contribution in [0.5, 0.6) is 0 Å². The zero-order valence-corrected chi connectivity index (χ0v) is 18.9. The van der Waals surface area contributed by atoms with E-state index in [-0.39, 0.29) is 23.9 Å². The van der Waals surface area contributed by atoms with Crippen molar-refractivity contribution in [1.82, 2.24) is 0 Å². The quantitative estimate of drug-likeness (QED) is 0.487. The maximum absolute atomic E-state index is 13.7. The van der Waals surface area contributed by atoms with Crippen LogP contribution in [0, 0.1) is 5.92 Å². The van der Waals surface area contributed by atoms with Crippen LogP contribution in [0.15, 0.2) is 78.9 Å². The summed E-state index contributed by atoms with van der Waals surface area (Å²) in [5.74, 6) is 0.798. The van der Waals surface area contributed by atoms with Crippen molar-refractivity contribution >= 4 is 17.3 Å². The fraction of sp³-hybridized carbons (Fsp3) is 0.321. The van der Waals surface area contributed by atoms with Gasteiger partial charge in [-0.15, -0.1) is 0 Å². The normalized spacial score (nSPS) is 20.4. The molecule has 2 unspecified atom stereocenters. The number of amides is 1. The lowest BCUT2D eigenvalue weighted by atomic mass is 9.80. The van der Waals surface area contributed by atoms with E-state index in [0.717, 1.165) is 23.4 Å². The van der Waals surface area contributed by atoms with Gasteiger partial charge >= 0.3 is 0 Å². The average molecular weight is 413 g/mol. The number of fused-ring (bicyclic) bond motifs is 1. The Hall–Kier alpha value is -3.07. The predicted molar refractivity (Wildman–Crippen MR) is 130 cm³/mol. The maximum atomic E-state index is 13.7. The van der Waals surface area contributed by atoms with Gasteiger partial charge in [-0.25, -0.2) is 0 Å². The van der Waals surface area contributed by atoms with Crippen LogP contribution in [0.3, 0.4) is 0 Å². The Balaban J connectivity index is 1.73. The van der Waals surface area contributed by atoms with Crippen LogP contribution in [-0.4, -0.2) is 11.9 Å².